The average molecular weight is 273 g/mol. The highest BCUT2D eigenvalue weighted by atomic mass is 35.5. The number of rotatable bonds is 6. The van der Waals surface area contributed by atoms with Crippen LogP contribution in [0.15, 0.2) is 12.3 Å². The Kier molecular flexibility index (Phi) is 5.69. The van der Waals surface area contributed by atoms with Gasteiger partial charge in [-0.3, -0.25) is 4.79 Å². The van der Waals surface area contributed by atoms with E-state index in [1.54, 1.807) is 19.2 Å². The predicted molar refractivity (Wildman–Crippen MR) is 73.0 cm³/mol. The lowest BCUT2D eigenvalue weighted by atomic mass is 10.1. The summed E-state index contributed by atoms with van der Waals surface area (Å²) in [6.07, 6.45) is 2.81. The smallest absolute Gasteiger partial charge is 0.268 e. The number of nitrogens with one attached hydrogen (secondary N) is 1. The lowest BCUT2D eigenvalue weighted by Crippen LogP contribution is -2.35. The van der Waals surface area contributed by atoms with Crippen molar-refractivity contribution in [1.82, 2.24) is 9.88 Å². The van der Waals surface area contributed by atoms with Crippen molar-refractivity contribution in [3.05, 3.63) is 23.0 Å². The summed E-state index contributed by atoms with van der Waals surface area (Å²) in [6, 6.07) is 1.60. The highest BCUT2D eigenvalue weighted by Crippen LogP contribution is 2.15. The Hall–Kier alpha value is -1.00. The lowest BCUT2D eigenvalue weighted by Gasteiger charge is -2.16. The average Bonchev–Trinajstić information content (AvgIpc) is 2.58. The first-order valence-electron chi connectivity index (χ1n) is 6.28. The summed E-state index contributed by atoms with van der Waals surface area (Å²) >= 11 is 5.93. The van der Waals surface area contributed by atoms with E-state index in [0.717, 1.165) is 13.0 Å². The molecule has 0 aromatic carbocycles. The van der Waals surface area contributed by atoms with E-state index in [2.05, 4.69) is 5.32 Å². The minimum atomic E-state index is -0.425. The summed E-state index contributed by atoms with van der Waals surface area (Å²) in [7, 11) is 0. The number of aromatic nitrogens is 1. The normalized spacial score (nSPS) is 14.3. The first-order valence-corrected chi connectivity index (χ1v) is 6.66. The van der Waals surface area contributed by atoms with Gasteiger partial charge in [0.2, 0.25) is 0 Å². The minimum Gasteiger partial charge on any atom is -0.393 e. The predicted octanol–water partition coefficient (Wildman–Crippen LogP) is 2.44. The van der Waals surface area contributed by atoms with E-state index in [1.807, 2.05) is 18.4 Å². The van der Waals surface area contributed by atoms with Crippen LogP contribution in [0.5, 0.6) is 0 Å². The molecule has 2 atom stereocenters. The summed E-state index contributed by atoms with van der Waals surface area (Å²) in [4.78, 5) is 12.1. The van der Waals surface area contributed by atoms with E-state index in [-0.39, 0.29) is 11.9 Å². The van der Waals surface area contributed by atoms with Gasteiger partial charge in [-0.25, -0.2) is 0 Å². The van der Waals surface area contributed by atoms with Crippen molar-refractivity contribution < 1.29 is 9.90 Å². The Balaban J connectivity index is 2.71. The fraction of sp³-hybridized carbons (Fsp3) is 0.615. The molecule has 18 heavy (non-hydrogen) atoms. The van der Waals surface area contributed by atoms with Gasteiger partial charge >= 0.3 is 0 Å². The molecule has 0 fully saturated rings. The van der Waals surface area contributed by atoms with Crippen LogP contribution in [-0.2, 0) is 6.54 Å². The molecule has 4 nitrogen and oxygen atoms in total. The summed E-state index contributed by atoms with van der Waals surface area (Å²) in [5.41, 5.74) is 0.569. The molecule has 2 N–H and O–H groups in total. The van der Waals surface area contributed by atoms with Gasteiger partial charge in [0.1, 0.15) is 5.69 Å². The van der Waals surface area contributed by atoms with Crippen LogP contribution in [0.2, 0.25) is 5.02 Å². The molecular formula is C13H21ClN2O2. The van der Waals surface area contributed by atoms with Crippen LogP contribution < -0.4 is 5.32 Å². The molecule has 0 saturated carbocycles. The van der Waals surface area contributed by atoms with Crippen molar-refractivity contribution in [1.29, 1.82) is 0 Å². The van der Waals surface area contributed by atoms with Gasteiger partial charge in [-0.15, -0.1) is 0 Å². The maximum absolute atomic E-state index is 12.1. The highest BCUT2D eigenvalue weighted by molar-refractivity contribution is 6.31. The van der Waals surface area contributed by atoms with Crippen LogP contribution in [0.25, 0.3) is 0 Å². The second-order valence-corrected chi connectivity index (χ2v) is 5.13. The highest BCUT2D eigenvalue weighted by Gasteiger charge is 2.15. The van der Waals surface area contributed by atoms with E-state index in [0.29, 0.717) is 17.1 Å². The zero-order valence-corrected chi connectivity index (χ0v) is 11.9. The fourth-order valence-corrected chi connectivity index (χ4v) is 2.18. The van der Waals surface area contributed by atoms with Crippen LogP contribution in [0.3, 0.4) is 0 Å². The van der Waals surface area contributed by atoms with Crippen molar-refractivity contribution >= 4 is 17.5 Å². The molecule has 0 radical (unpaired) electrons. The number of carbonyl (C=O) groups excluding carboxylic acids is 1. The number of aliphatic hydroxyl groups is 1. The van der Waals surface area contributed by atoms with Crippen LogP contribution in [0.1, 0.15) is 44.1 Å². The topological polar surface area (TPSA) is 54.3 Å². The number of carbonyl (C=O) groups is 1. The minimum absolute atomic E-state index is 0.0683. The third-order valence-electron chi connectivity index (χ3n) is 2.63. The first kappa shape index (κ1) is 15.1. The molecule has 0 aliphatic carbocycles. The van der Waals surface area contributed by atoms with Gasteiger partial charge < -0.3 is 15.0 Å². The van der Waals surface area contributed by atoms with Gasteiger partial charge in [0.05, 0.1) is 11.1 Å². The van der Waals surface area contributed by atoms with Gasteiger partial charge in [-0.05, 0) is 32.8 Å². The second kappa shape index (κ2) is 6.81. The Labute approximate surface area is 113 Å². The molecule has 0 spiro atoms. The second-order valence-electron chi connectivity index (χ2n) is 4.70. The number of hydrogen-bond acceptors (Lipinski definition) is 2. The van der Waals surface area contributed by atoms with Gasteiger partial charge in [-0.2, -0.15) is 0 Å². The SMILES string of the molecule is CCCn1cc(Cl)cc1C(=O)NC(C)CC(C)O. The van der Waals surface area contributed by atoms with E-state index in [1.165, 1.54) is 0 Å². The molecule has 102 valence electrons. The number of amides is 1. The van der Waals surface area contributed by atoms with Gasteiger partial charge in [0, 0.05) is 18.8 Å². The van der Waals surface area contributed by atoms with Gasteiger partial charge in [-0.1, -0.05) is 18.5 Å². The molecule has 0 bridgehead atoms. The molecule has 1 heterocycles. The molecule has 0 aliphatic heterocycles. The van der Waals surface area contributed by atoms with Crippen LogP contribution >= 0.6 is 11.6 Å². The summed E-state index contributed by atoms with van der Waals surface area (Å²) in [5.74, 6) is -0.150. The van der Waals surface area contributed by atoms with Crippen LogP contribution in [0, 0.1) is 0 Å². The molecular weight excluding hydrogens is 252 g/mol. The standard InChI is InChI=1S/C13H21ClN2O2/c1-4-5-16-8-11(14)7-12(16)13(18)15-9(2)6-10(3)17/h7-10,17H,4-6H2,1-3H3,(H,15,18). The molecule has 1 aromatic heterocycles. The van der Waals surface area contributed by atoms with Crippen molar-refractivity contribution in [3.8, 4) is 0 Å². The van der Waals surface area contributed by atoms with Crippen molar-refractivity contribution in [3.63, 3.8) is 0 Å². The Morgan fingerprint density at radius 2 is 2.22 bits per heavy atom. The zero-order valence-electron chi connectivity index (χ0n) is 11.1. The van der Waals surface area contributed by atoms with E-state index in [4.69, 9.17) is 11.6 Å². The maximum Gasteiger partial charge on any atom is 0.268 e. The molecule has 1 rings (SSSR count). The first-order chi connectivity index (χ1) is 8.43. The maximum atomic E-state index is 12.1. The number of halogens is 1. The Bertz CT molecular complexity index is 402. The Morgan fingerprint density at radius 3 is 2.78 bits per heavy atom. The molecule has 0 aliphatic rings. The summed E-state index contributed by atoms with van der Waals surface area (Å²) < 4.78 is 1.85. The molecule has 1 amide bonds. The molecule has 5 heteroatoms. The largest absolute Gasteiger partial charge is 0.393 e. The number of aryl methyl sites for hydroxylation is 1. The van der Waals surface area contributed by atoms with Crippen LogP contribution in [0.4, 0.5) is 0 Å². The number of nitrogens with zero attached hydrogens (tertiary/aromatic N) is 1. The summed E-state index contributed by atoms with van der Waals surface area (Å²) in [6.45, 7) is 6.39. The van der Waals surface area contributed by atoms with E-state index >= 15 is 0 Å². The van der Waals surface area contributed by atoms with Crippen molar-refractivity contribution in [2.75, 3.05) is 0 Å². The fourth-order valence-electron chi connectivity index (χ4n) is 1.96. The van der Waals surface area contributed by atoms with Crippen molar-refractivity contribution in [2.24, 2.45) is 0 Å². The number of aliphatic hydroxyl groups excluding tert-OH is 1. The zero-order chi connectivity index (χ0) is 13.7. The quantitative estimate of drug-likeness (QED) is 0.836. The third kappa shape index (κ3) is 4.35. The summed E-state index contributed by atoms with van der Waals surface area (Å²) in [5, 5.41) is 12.7. The lowest BCUT2D eigenvalue weighted by molar-refractivity contribution is 0.0913. The molecule has 1 aromatic rings. The van der Waals surface area contributed by atoms with E-state index < -0.39 is 6.10 Å². The van der Waals surface area contributed by atoms with Gasteiger partial charge in [0.15, 0.2) is 0 Å². The number of hydrogen-bond donors (Lipinski definition) is 2. The van der Waals surface area contributed by atoms with E-state index in [9.17, 15) is 9.90 Å². The molecule has 2 unspecified atom stereocenters. The third-order valence-corrected chi connectivity index (χ3v) is 2.84. The molecule has 0 saturated heterocycles. The van der Waals surface area contributed by atoms with Gasteiger partial charge in [0.25, 0.3) is 5.91 Å². The monoisotopic (exact) mass is 272 g/mol. The Morgan fingerprint density at radius 1 is 1.56 bits per heavy atom. The van der Waals surface area contributed by atoms with Crippen molar-refractivity contribution in [2.45, 2.75) is 52.3 Å². The van der Waals surface area contributed by atoms with Crippen LogP contribution in [-0.4, -0.2) is 27.7 Å².